The predicted molar refractivity (Wildman–Crippen MR) is 72.4 cm³/mol. The van der Waals surface area contributed by atoms with Crippen molar-refractivity contribution >= 4 is 0 Å². The quantitative estimate of drug-likeness (QED) is 0.866. The maximum Gasteiger partial charge on any atom is 0.118 e. The molecule has 3 nitrogen and oxygen atoms in total. The van der Waals surface area contributed by atoms with Crippen molar-refractivity contribution in [2.75, 3.05) is 13.7 Å². The molecule has 18 heavy (non-hydrogen) atoms. The molecule has 0 aromatic heterocycles. The van der Waals surface area contributed by atoms with E-state index in [2.05, 4.69) is 0 Å². The molecule has 2 aromatic rings. The average molecular weight is 243 g/mol. The van der Waals surface area contributed by atoms with Crippen molar-refractivity contribution in [3.8, 4) is 16.9 Å². The molecule has 0 saturated carbocycles. The summed E-state index contributed by atoms with van der Waals surface area (Å²) in [7, 11) is 1.65. The second-order valence-electron chi connectivity index (χ2n) is 4.10. The Bertz CT molecular complexity index is 491. The number of benzene rings is 2. The molecule has 2 rings (SSSR count). The van der Waals surface area contributed by atoms with Crippen molar-refractivity contribution in [2.45, 2.75) is 6.10 Å². The summed E-state index contributed by atoms with van der Waals surface area (Å²) >= 11 is 0. The van der Waals surface area contributed by atoms with Crippen LogP contribution in [0.4, 0.5) is 0 Å². The maximum atomic E-state index is 9.62. The zero-order valence-corrected chi connectivity index (χ0v) is 10.3. The van der Waals surface area contributed by atoms with Crippen LogP contribution in [0, 0.1) is 0 Å². The lowest BCUT2D eigenvalue weighted by Crippen LogP contribution is -2.11. The van der Waals surface area contributed by atoms with E-state index < -0.39 is 6.10 Å². The highest BCUT2D eigenvalue weighted by molar-refractivity contribution is 5.64. The van der Waals surface area contributed by atoms with Crippen LogP contribution < -0.4 is 10.5 Å². The number of methoxy groups -OCH3 is 1. The van der Waals surface area contributed by atoms with E-state index in [0.717, 1.165) is 22.4 Å². The normalized spacial score (nSPS) is 12.2. The molecular weight excluding hydrogens is 226 g/mol. The summed E-state index contributed by atoms with van der Waals surface area (Å²) in [5.74, 6) is 0.842. The highest BCUT2D eigenvalue weighted by Gasteiger charge is 2.05. The first-order valence-corrected chi connectivity index (χ1v) is 5.87. The van der Waals surface area contributed by atoms with E-state index in [0.29, 0.717) is 0 Å². The number of hydrogen-bond acceptors (Lipinski definition) is 3. The summed E-state index contributed by atoms with van der Waals surface area (Å²) < 4.78 is 5.12. The molecule has 0 aliphatic carbocycles. The van der Waals surface area contributed by atoms with E-state index in [1.165, 1.54) is 0 Å². The van der Waals surface area contributed by atoms with Crippen LogP contribution >= 0.6 is 0 Å². The van der Waals surface area contributed by atoms with Crippen LogP contribution in [0.1, 0.15) is 11.7 Å². The van der Waals surface area contributed by atoms with Crippen molar-refractivity contribution in [2.24, 2.45) is 5.73 Å². The van der Waals surface area contributed by atoms with E-state index >= 15 is 0 Å². The molecule has 2 aromatic carbocycles. The molecule has 0 amide bonds. The minimum atomic E-state index is -0.588. The Morgan fingerprint density at radius 1 is 1.00 bits per heavy atom. The summed E-state index contributed by atoms with van der Waals surface area (Å²) in [5.41, 5.74) is 8.48. The fourth-order valence-corrected chi connectivity index (χ4v) is 1.82. The minimum absolute atomic E-state index is 0.238. The van der Waals surface area contributed by atoms with E-state index in [4.69, 9.17) is 10.5 Å². The van der Waals surface area contributed by atoms with E-state index in [1.807, 2.05) is 48.5 Å². The van der Waals surface area contributed by atoms with Gasteiger partial charge in [0, 0.05) is 6.54 Å². The zero-order valence-electron chi connectivity index (χ0n) is 10.3. The van der Waals surface area contributed by atoms with Gasteiger partial charge in [0.2, 0.25) is 0 Å². The van der Waals surface area contributed by atoms with Crippen molar-refractivity contribution in [3.63, 3.8) is 0 Å². The Labute approximate surface area is 107 Å². The number of ether oxygens (including phenoxy) is 1. The highest BCUT2D eigenvalue weighted by atomic mass is 16.5. The van der Waals surface area contributed by atoms with Crippen molar-refractivity contribution < 1.29 is 9.84 Å². The summed E-state index contributed by atoms with van der Waals surface area (Å²) in [5, 5.41) is 9.62. The molecule has 0 aliphatic heterocycles. The number of nitrogens with two attached hydrogens (primary N) is 1. The smallest absolute Gasteiger partial charge is 0.118 e. The fraction of sp³-hybridized carbons (Fsp3) is 0.200. The van der Waals surface area contributed by atoms with Gasteiger partial charge in [0.15, 0.2) is 0 Å². The van der Waals surface area contributed by atoms with E-state index in [-0.39, 0.29) is 6.54 Å². The van der Waals surface area contributed by atoms with E-state index in [1.54, 1.807) is 7.11 Å². The van der Waals surface area contributed by atoms with Crippen LogP contribution in [0.25, 0.3) is 11.1 Å². The average Bonchev–Trinajstić information content (AvgIpc) is 2.47. The van der Waals surface area contributed by atoms with Gasteiger partial charge >= 0.3 is 0 Å². The van der Waals surface area contributed by atoms with Gasteiger partial charge in [-0.05, 0) is 28.8 Å². The van der Waals surface area contributed by atoms with Gasteiger partial charge in [-0.3, -0.25) is 0 Å². The molecule has 0 saturated heterocycles. The second-order valence-corrected chi connectivity index (χ2v) is 4.10. The Kier molecular flexibility index (Phi) is 3.97. The van der Waals surface area contributed by atoms with Crippen molar-refractivity contribution in [3.05, 3.63) is 54.1 Å². The van der Waals surface area contributed by atoms with Gasteiger partial charge in [0.05, 0.1) is 13.2 Å². The van der Waals surface area contributed by atoms with Gasteiger partial charge in [-0.1, -0.05) is 36.4 Å². The lowest BCUT2D eigenvalue weighted by atomic mass is 10.0. The third-order valence-electron chi connectivity index (χ3n) is 2.94. The van der Waals surface area contributed by atoms with Crippen molar-refractivity contribution in [1.82, 2.24) is 0 Å². The monoisotopic (exact) mass is 243 g/mol. The van der Waals surface area contributed by atoms with Gasteiger partial charge < -0.3 is 15.6 Å². The molecule has 94 valence electrons. The van der Waals surface area contributed by atoms with Gasteiger partial charge in [-0.2, -0.15) is 0 Å². The Morgan fingerprint density at radius 2 is 1.50 bits per heavy atom. The first kappa shape index (κ1) is 12.6. The summed E-state index contributed by atoms with van der Waals surface area (Å²) in [4.78, 5) is 0. The third-order valence-corrected chi connectivity index (χ3v) is 2.94. The molecule has 3 N–H and O–H groups in total. The Hall–Kier alpha value is -1.84. The fourth-order valence-electron chi connectivity index (χ4n) is 1.82. The second kappa shape index (κ2) is 5.67. The molecule has 0 bridgehead atoms. The standard InChI is InChI=1S/C15H17NO2/c1-18-14-8-6-12(7-9-14)11-2-4-13(5-3-11)15(17)10-16/h2-9,15,17H,10,16H2,1H3. The highest BCUT2D eigenvalue weighted by Crippen LogP contribution is 2.23. The molecule has 1 unspecified atom stereocenters. The Balaban J connectivity index is 2.22. The molecule has 0 aliphatic rings. The van der Waals surface area contributed by atoms with E-state index in [9.17, 15) is 5.11 Å². The summed E-state index contributed by atoms with van der Waals surface area (Å²) in [6.07, 6.45) is -0.588. The molecule has 0 spiro atoms. The lowest BCUT2D eigenvalue weighted by molar-refractivity contribution is 0.187. The number of rotatable bonds is 4. The van der Waals surface area contributed by atoms with Crippen LogP contribution in [0.3, 0.4) is 0 Å². The van der Waals surface area contributed by atoms with Crippen LogP contribution in [-0.2, 0) is 0 Å². The number of hydrogen-bond donors (Lipinski definition) is 2. The predicted octanol–water partition coefficient (Wildman–Crippen LogP) is 2.35. The molecular formula is C15H17NO2. The Morgan fingerprint density at radius 3 is 1.94 bits per heavy atom. The zero-order chi connectivity index (χ0) is 13.0. The van der Waals surface area contributed by atoms with Crippen LogP contribution in [0.2, 0.25) is 0 Å². The van der Waals surface area contributed by atoms with Gasteiger partial charge in [0.1, 0.15) is 5.75 Å². The molecule has 0 heterocycles. The molecule has 0 fully saturated rings. The minimum Gasteiger partial charge on any atom is -0.497 e. The molecule has 3 heteroatoms. The maximum absolute atomic E-state index is 9.62. The third kappa shape index (κ3) is 2.70. The van der Waals surface area contributed by atoms with Gasteiger partial charge in [-0.25, -0.2) is 0 Å². The first-order valence-electron chi connectivity index (χ1n) is 5.87. The molecule has 1 atom stereocenters. The number of aliphatic hydroxyl groups is 1. The lowest BCUT2D eigenvalue weighted by Gasteiger charge is -2.09. The van der Waals surface area contributed by atoms with Crippen LogP contribution in [0.15, 0.2) is 48.5 Å². The van der Waals surface area contributed by atoms with Crippen LogP contribution in [-0.4, -0.2) is 18.8 Å². The number of aliphatic hydroxyl groups excluding tert-OH is 1. The molecule has 0 radical (unpaired) electrons. The van der Waals surface area contributed by atoms with Gasteiger partial charge in [-0.15, -0.1) is 0 Å². The largest absolute Gasteiger partial charge is 0.497 e. The first-order chi connectivity index (χ1) is 8.74. The summed E-state index contributed by atoms with van der Waals surface area (Å²) in [6.45, 7) is 0.238. The van der Waals surface area contributed by atoms with Crippen LogP contribution in [0.5, 0.6) is 5.75 Å². The van der Waals surface area contributed by atoms with Gasteiger partial charge in [0.25, 0.3) is 0 Å². The topological polar surface area (TPSA) is 55.5 Å². The summed E-state index contributed by atoms with van der Waals surface area (Å²) in [6, 6.07) is 15.6. The SMILES string of the molecule is COc1ccc(-c2ccc(C(O)CN)cc2)cc1. The van der Waals surface area contributed by atoms with Crippen molar-refractivity contribution in [1.29, 1.82) is 0 Å².